The van der Waals surface area contributed by atoms with Gasteiger partial charge in [0.1, 0.15) is 5.76 Å². The van der Waals surface area contributed by atoms with Crippen molar-refractivity contribution in [3.8, 4) is 0 Å². The molecule has 0 amide bonds. The fraction of sp³-hybridized carbons (Fsp3) is 0.706. The summed E-state index contributed by atoms with van der Waals surface area (Å²) in [7, 11) is 0. The van der Waals surface area contributed by atoms with Crippen LogP contribution in [0.5, 0.6) is 0 Å². The number of thiocarbonyl (C=S) groups is 1. The van der Waals surface area contributed by atoms with Gasteiger partial charge < -0.3 is 15.1 Å². The van der Waals surface area contributed by atoms with Crippen LogP contribution in [-0.2, 0) is 6.54 Å². The normalized spacial score (nSPS) is 10.5. The Hall–Kier alpha value is -1.03. The molecule has 0 radical (unpaired) electrons. The van der Waals surface area contributed by atoms with Gasteiger partial charge in [0.25, 0.3) is 0 Å². The molecule has 2 N–H and O–H groups in total. The van der Waals surface area contributed by atoms with E-state index in [1.165, 1.54) is 57.8 Å². The molecule has 0 bridgehead atoms. The average molecular weight is 311 g/mol. The van der Waals surface area contributed by atoms with E-state index in [9.17, 15) is 0 Å². The zero-order valence-electron chi connectivity index (χ0n) is 13.3. The number of hydrogen-bond acceptors (Lipinski definition) is 2. The molecule has 0 aromatic carbocycles. The molecule has 0 aliphatic heterocycles. The first-order valence-electron chi connectivity index (χ1n) is 8.37. The van der Waals surface area contributed by atoms with E-state index in [1.807, 2.05) is 12.1 Å². The van der Waals surface area contributed by atoms with Crippen LogP contribution in [-0.4, -0.2) is 11.7 Å². The van der Waals surface area contributed by atoms with E-state index >= 15 is 0 Å². The number of nitrogens with one attached hydrogen (secondary N) is 2. The van der Waals surface area contributed by atoms with Crippen LogP contribution in [0, 0.1) is 0 Å². The predicted octanol–water partition coefficient (Wildman–Crippen LogP) is 4.77. The minimum Gasteiger partial charge on any atom is -0.467 e. The van der Waals surface area contributed by atoms with Crippen molar-refractivity contribution in [3.63, 3.8) is 0 Å². The Bertz CT molecular complexity index is 352. The predicted molar refractivity (Wildman–Crippen MR) is 93.4 cm³/mol. The summed E-state index contributed by atoms with van der Waals surface area (Å²) in [5, 5.41) is 7.10. The van der Waals surface area contributed by atoms with E-state index in [0.29, 0.717) is 11.7 Å². The maximum absolute atomic E-state index is 5.24. The summed E-state index contributed by atoms with van der Waals surface area (Å²) < 4.78 is 5.24. The zero-order chi connectivity index (χ0) is 15.2. The Morgan fingerprint density at radius 2 is 1.67 bits per heavy atom. The van der Waals surface area contributed by atoms with Gasteiger partial charge in [0, 0.05) is 6.54 Å². The molecular formula is C17H30N2OS. The molecule has 1 rings (SSSR count). The highest BCUT2D eigenvalue weighted by molar-refractivity contribution is 7.80. The number of rotatable bonds is 12. The zero-order valence-corrected chi connectivity index (χ0v) is 14.1. The highest BCUT2D eigenvalue weighted by Gasteiger charge is 1.98. The lowest BCUT2D eigenvalue weighted by Gasteiger charge is -2.09. The van der Waals surface area contributed by atoms with E-state index in [1.54, 1.807) is 6.26 Å². The first-order chi connectivity index (χ1) is 10.3. The average Bonchev–Trinajstić information content (AvgIpc) is 3.00. The van der Waals surface area contributed by atoms with Crippen molar-refractivity contribution >= 4 is 17.3 Å². The Morgan fingerprint density at radius 3 is 2.29 bits per heavy atom. The van der Waals surface area contributed by atoms with Gasteiger partial charge in [0.05, 0.1) is 12.8 Å². The van der Waals surface area contributed by atoms with Gasteiger partial charge in [0.15, 0.2) is 5.11 Å². The third-order valence-electron chi connectivity index (χ3n) is 3.57. The second kappa shape index (κ2) is 12.7. The third kappa shape index (κ3) is 10.4. The van der Waals surface area contributed by atoms with Crippen LogP contribution in [0.1, 0.15) is 70.5 Å². The van der Waals surface area contributed by atoms with Gasteiger partial charge in [-0.2, -0.15) is 0 Å². The van der Waals surface area contributed by atoms with Crippen molar-refractivity contribution in [2.45, 2.75) is 71.3 Å². The Morgan fingerprint density at radius 1 is 1.00 bits per heavy atom. The molecule has 0 aliphatic rings. The molecule has 0 aliphatic carbocycles. The lowest BCUT2D eigenvalue weighted by atomic mass is 10.1. The molecule has 0 atom stereocenters. The Kier molecular flexibility index (Phi) is 10.9. The smallest absolute Gasteiger partial charge is 0.166 e. The monoisotopic (exact) mass is 310 g/mol. The fourth-order valence-corrected chi connectivity index (χ4v) is 2.45. The van der Waals surface area contributed by atoms with Gasteiger partial charge in [-0.15, -0.1) is 0 Å². The molecule has 0 fully saturated rings. The van der Waals surface area contributed by atoms with Gasteiger partial charge in [-0.25, -0.2) is 0 Å². The highest BCUT2D eigenvalue weighted by atomic mass is 32.1. The number of hydrogen-bond donors (Lipinski definition) is 2. The standard InChI is InChI=1S/C17H30N2OS/c1-2-3-4-5-6-7-8-9-10-13-18-17(21)19-15-16-12-11-14-20-16/h11-12,14H,2-10,13,15H2,1H3,(H2,18,19,21). The molecule has 0 saturated carbocycles. The summed E-state index contributed by atoms with van der Waals surface area (Å²) >= 11 is 5.22. The molecule has 0 saturated heterocycles. The minimum absolute atomic E-state index is 0.649. The van der Waals surface area contributed by atoms with Crippen molar-refractivity contribution in [1.82, 2.24) is 10.6 Å². The largest absolute Gasteiger partial charge is 0.467 e. The lowest BCUT2D eigenvalue weighted by molar-refractivity contribution is 0.502. The Labute approximate surface area is 134 Å². The van der Waals surface area contributed by atoms with Crippen LogP contribution in [0.2, 0.25) is 0 Å². The van der Waals surface area contributed by atoms with Gasteiger partial charge in [-0.3, -0.25) is 0 Å². The van der Waals surface area contributed by atoms with Crippen LogP contribution in [0.25, 0.3) is 0 Å². The SMILES string of the molecule is CCCCCCCCCCCNC(=S)NCc1ccco1. The molecule has 4 heteroatoms. The molecule has 1 aromatic rings. The minimum atomic E-state index is 0.649. The molecular weight excluding hydrogens is 280 g/mol. The van der Waals surface area contributed by atoms with Crippen LogP contribution < -0.4 is 10.6 Å². The van der Waals surface area contributed by atoms with Crippen molar-refractivity contribution < 1.29 is 4.42 Å². The van der Waals surface area contributed by atoms with Gasteiger partial charge in [-0.1, -0.05) is 58.3 Å². The van der Waals surface area contributed by atoms with Crippen molar-refractivity contribution in [2.24, 2.45) is 0 Å². The maximum Gasteiger partial charge on any atom is 0.166 e. The topological polar surface area (TPSA) is 37.2 Å². The fourth-order valence-electron chi connectivity index (χ4n) is 2.28. The van der Waals surface area contributed by atoms with E-state index < -0.39 is 0 Å². The molecule has 120 valence electrons. The Balaban J connectivity index is 1.82. The van der Waals surface area contributed by atoms with Crippen LogP contribution in [0.15, 0.2) is 22.8 Å². The van der Waals surface area contributed by atoms with Crippen LogP contribution in [0.4, 0.5) is 0 Å². The van der Waals surface area contributed by atoms with Crippen molar-refractivity contribution in [3.05, 3.63) is 24.2 Å². The molecule has 3 nitrogen and oxygen atoms in total. The van der Waals surface area contributed by atoms with E-state index in [4.69, 9.17) is 16.6 Å². The van der Waals surface area contributed by atoms with Gasteiger partial charge >= 0.3 is 0 Å². The quantitative estimate of drug-likeness (QED) is 0.430. The lowest BCUT2D eigenvalue weighted by Crippen LogP contribution is -2.35. The second-order valence-corrected chi connectivity index (χ2v) is 5.93. The van der Waals surface area contributed by atoms with Crippen LogP contribution >= 0.6 is 12.2 Å². The first-order valence-corrected chi connectivity index (χ1v) is 8.78. The number of unbranched alkanes of at least 4 members (excludes halogenated alkanes) is 8. The summed E-state index contributed by atoms with van der Waals surface area (Å²) in [5.74, 6) is 0.905. The maximum atomic E-state index is 5.24. The van der Waals surface area contributed by atoms with Gasteiger partial charge in [-0.05, 0) is 30.8 Å². The molecule has 21 heavy (non-hydrogen) atoms. The molecule has 1 aromatic heterocycles. The molecule has 0 spiro atoms. The summed E-state index contributed by atoms with van der Waals surface area (Å²) in [4.78, 5) is 0. The number of furan rings is 1. The van der Waals surface area contributed by atoms with Gasteiger partial charge in [0.2, 0.25) is 0 Å². The summed E-state index contributed by atoms with van der Waals surface area (Å²) in [6.07, 6.45) is 13.8. The molecule has 0 unspecified atom stereocenters. The van der Waals surface area contributed by atoms with E-state index in [-0.39, 0.29) is 0 Å². The first kappa shape index (κ1) is 18.0. The van der Waals surface area contributed by atoms with E-state index in [2.05, 4.69) is 17.6 Å². The molecule has 1 heterocycles. The van der Waals surface area contributed by atoms with Crippen molar-refractivity contribution in [1.29, 1.82) is 0 Å². The van der Waals surface area contributed by atoms with Crippen molar-refractivity contribution in [2.75, 3.05) is 6.54 Å². The highest BCUT2D eigenvalue weighted by Crippen LogP contribution is 2.09. The summed E-state index contributed by atoms with van der Waals surface area (Å²) in [6.45, 7) is 3.87. The summed E-state index contributed by atoms with van der Waals surface area (Å²) in [5.41, 5.74) is 0. The van der Waals surface area contributed by atoms with E-state index in [0.717, 1.165) is 12.3 Å². The second-order valence-electron chi connectivity index (χ2n) is 5.52. The summed E-state index contributed by atoms with van der Waals surface area (Å²) in [6, 6.07) is 3.83. The third-order valence-corrected chi connectivity index (χ3v) is 3.86. The van der Waals surface area contributed by atoms with Crippen LogP contribution in [0.3, 0.4) is 0 Å².